The Kier molecular flexibility index (Phi) is 5.38. The monoisotopic (exact) mass is 329 g/mol. The average molecular weight is 329 g/mol. The van der Waals surface area contributed by atoms with Gasteiger partial charge in [-0.25, -0.2) is 4.79 Å². The van der Waals surface area contributed by atoms with Crippen LogP contribution in [0.25, 0.3) is 0 Å². The Morgan fingerprint density at radius 3 is 2.54 bits per heavy atom. The van der Waals surface area contributed by atoms with Gasteiger partial charge in [0, 0.05) is 18.8 Å². The summed E-state index contributed by atoms with van der Waals surface area (Å²) in [6.07, 6.45) is 6.32. The second-order valence-electron chi connectivity index (χ2n) is 7.11. The standard InChI is InChI=1S/C19H27N3O2/c1-14-6-8-17(9-7-14)21-19(24)20-12-18(23)22-11-10-15-4-2-3-5-16(15)13-22/h6-9,15-16H,2-5,10-13H2,1H3,(H2,20,21,24). The fourth-order valence-electron chi connectivity index (χ4n) is 3.91. The first-order valence-electron chi connectivity index (χ1n) is 9.01. The van der Waals surface area contributed by atoms with Crippen LogP contribution in [-0.2, 0) is 4.79 Å². The minimum atomic E-state index is -0.334. The van der Waals surface area contributed by atoms with Crippen LogP contribution >= 0.6 is 0 Å². The van der Waals surface area contributed by atoms with E-state index in [-0.39, 0.29) is 18.5 Å². The fraction of sp³-hybridized carbons (Fsp3) is 0.579. The van der Waals surface area contributed by atoms with Crippen LogP contribution in [0.4, 0.5) is 10.5 Å². The number of nitrogens with one attached hydrogen (secondary N) is 2. The molecule has 3 amide bonds. The molecule has 1 saturated heterocycles. The first-order chi connectivity index (χ1) is 11.6. The molecule has 2 N–H and O–H groups in total. The van der Waals surface area contributed by atoms with Crippen LogP contribution in [0.2, 0.25) is 0 Å². The van der Waals surface area contributed by atoms with Crippen molar-refractivity contribution in [3.8, 4) is 0 Å². The quantitative estimate of drug-likeness (QED) is 0.895. The Morgan fingerprint density at radius 1 is 1.08 bits per heavy atom. The van der Waals surface area contributed by atoms with Crippen molar-refractivity contribution in [1.29, 1.82) is 0 Å². The van der Waals surface area contributed by atoms with Crippen LogP contribution < -0.4 is 10.6 Å². The summed E-state index contributed by atoms with van der Waals surface area (Å²) in [6, 6.07) is 7.25. The summed E-state index contributed by atoms with van der Waals surface area (Å²) in [5, 5.41) is 5.43. The second-order valence-corrected chi connectivity index (χ2v) is 7.11. The largest absolute Gasteiger partial charge is 0.341 e. The molecule has 1 aliphatic heterocycles. The summed E-state index contributed by atoms with van der Waals surface area (Å²) in [6.45, 7) is 3.76. The van der Waals surface area contributed by atoms with Crippen molar-refractivity contribution in [2.75, 3.05) is 25.0 Å². The van der Waals surface area contributed by atoms with Gasteiger partial charge >= 0.3 is 6.03 Å². The summed E-state index contributed by atoms with van der Waals surface area (Å²) in [5.41, 5.74) is 1.87. The Morgan fingerprint density at radius 2 is 1.79 bits per heavy atom. The molecule has 1 aromatic carbocycles. The third kappa shape index (κ3) is 4.28. The normalized spacial score (nSPS) is 23.3. The number of carbonyl (C=O) groups is 2. The molecule has 24 heavy (non-hydrogen) atoms. The van der Waals surface area contributed by atoms with Crippen LogP contribution in [0.3, 0.4) is 0 Å². The van der Waals surface area contributed by atoms with Crippen molar-refractivity contribution >= 4 is 17.6 Å². The van der Waals surface area contributed by atoms with Gasteiger partial charge in [0.25, 0.3) is 0 Å². The van der Waals surface area contributed by atoms with Gasteiger partial charge in [-0.05, 0) is 43.7 Å². The van der Waals surface area contributed by atoms with Crippen LogP contribution in [0.15, 0.2) is 24.3 Å². The molecule has 1 heterocycles. The minimum Gasteiger partial charge on any atom is -0.341 e. The van der Waals surface area contributed by atoms with E-state index in [0.29, 0.717) is 5.92 Å². The Bertz CT molecular complexity index is 585. The maximum Gasteiger partial charge on any atom is 0.319 e. The van der Waals surface area contributed by atoms with Crippen molar-refractivity contribution in [2.45, 2.75) is 39.0 Å². The number of fused-ring (bicyclic) bond motifs is 1. The molecule has 0 bridgehead atoms. The molecule has 2 fully saturated rings. The molecule has 2 aliphatic rings. The number of amides is 3. The molecule has 1 saturated carbocycles. The highest BCUT2D eigenvalue weighted by molar-refractivity contribution is 5.92. The number of hydrogen-bond acceptors (Lipinski definition) is 2. The minimum absolute atomic E-state index is 0.0260. The SMILES string of the molecule is Cc1ccc(NC(=O)NCC(=O)N2CCC3CCCCC3C2)cc1. The highest BCUT2D eigenvalue weighted by Crippen LogP contribution is 2.35. The molecule has 130 valence electrons. The lowest BCUT2D eigenvalue weighted by molar-refractivity contribution is -0.133. The highest BCUT2D eigenvalue weighted by atomic mass is 16.2. The number of aryl methyl sites for hydroxylation is 1. The molecule has 2 unspecified atom stereocenters. The van der Waals surface area contributed by atoms with E-state index in [2.05, 4.69) is 10.6 Å². The van der Waals surface area contributed by atoms with Crippen molar-refractivity contribution in [1.82, 2.24) is 10.2 Å². The first-order valence-corrected chi connectivity index (χ1v) is 9.01. The lowest BCUT2D eigenvalue weighted by Crippen LogP contribution is -2.48. The maximum absolute atomic E-state index is 12.4. The topological polar surface area (TPSA) is 61.4 Å². The number of hydrogen-bond donors (Lipinski definition) is 2. The van der Waals surface area contributed by atoms with Gasteiger partial charge in [0.2, 0.25) is 5.91 Å². The summed E-state index contributed by atoms with van der Waals surface area (Å²) in [5.74, 6) is 1.50. The summed E-state index contributed by atoms with van der Waals surface area (Å²) in [4.78, 5) is 26.2. The summed E-state index contributed by atoms with van der Waals surface area (Å²) in [7, 11) is 0. The zero-order valence-electron chi connectivity index (χ0n) is 14.4. The smallest absolute Gasteiger partial charge is 0.319 e. The molecule has 0 spiro atoms. The molecule has 1 aliphatic carbocycles. The number of piperidine rings is 1. The van der Waals surface area contributed by atoms with Crippen molar-refractivity contribution < 1.29 is 9.59 Å². The highest BCUT2D eigenvalue weighted by Gasteiger charge is 2.32. The second kappa shape index (κ2) is 7.69. The number of urea groups is 1. The Hall–Kier alpha value is -2.04. The first kappa shape index (κ1) is 16.8. The van der Waals surface area contributed by atoms with Crippen LogP contribution in [-0.4, -0.2) is 36.5 Å². The van der Waals surface area contributed by atoms with Gasteiger partial charge in [-0.3, -0.25) is 4.79 Å². The zero-order chi connectivity index (χ0) is 16.9. The van der Waals surface area contributed by atoms with Crippen molar-refractivity contribution in [2.24, 2.45) is 11.8 Å². The number of rotatable bonds is 3. The molecule has 3 rings (SSSR count). The predicted octanol–water partition coefficient (Wildman–Crippen LogP) is 3.16. The van der Waals surface area contributed by atoms with Gasteiger partial charge in [0.05, 0.1) is 6.54 Å². The number of nitrogens with zero attached hydrogens (tertiary/aromatic N) is 1. The van der Waals surface area contributed by atoms with E-state index in [9.17, 15) is 9.59 Å². The average Bonchev–Trinajstić information content (AvgIpc) is 2.61. The van der Waals surface area contributed by atoms with Gasteiger partial charge in [-0.15, -0.1) is 0 Å². The van der Waals surface area contributed by atoms with Crippen molar-refractivity contribution in [3.63, 3.8) is 0 Å². The van der Waals surface area contributed by atoms with Crippen LogP contribution in [0.5, 0.6) is 0 Å². The fourth-order valence-corrected chi connectivity index (χ4v) is 3.91. The van der Waals surface area contributed by atoms with Gasteiger partial charge < -0.3 is 15.5 Å². The van der Waals surface area contributed by atoms with Crippen molar-refractivity contribution in [3.05, 3.63) is 29.8 Å². The van der Waals surface area contributed by atoms with E-state index in [1.54, 1.807) is 0 Å². The van der Waals surface area contributed by atoms with Gasteiger partial charge in [-0.1, -0.05) is 37.0 Å². The van der Waals surface area contributed by atoms with Gasteiger partial charge in [0.15, 0.2) is 0 Å². The predicted molar refractivity (Wildman–Crippen MR) is 94.8 cm³/mol. The van der Waals surface area contributed by atoms with E-state index in [0.717, 1.165) is 36.7 Å². The molecule has 1 aromatic rings. The van der Waals surface area contributed by atoms with Crippen LogP contribution in [0, 0.1) is 18.8 Å². The molecular weight excluding hydrogens is 302 g/mol. The van der Waals surface area contributed by atoms with E-state index in [1.165, 1.54) is 25.7 Å². The summed E-state index contributed by atoms with van der Waals surface area (Å²) < 4.78 is 0. The van der Waals surface area contributed by atoms with Gasteiger partial charge in [0.1, 0.15) is 0 Å². The third-order valence-electron chi connectivity index (χ3n) is 5.35. The van der Waals surface area contributed by atoms with E-state index in [4.69, 9.17) is 0 Å². The lowest BCUT2D eigenvalue weighted by atomic mass is 9.75. The molecule has 5 nitrogen and oxygen atoms in total. The number of carbonyl (C=O) groups excluding carboxylic acids is 2. The zero-order valence-corrected chi connectivity index (χ0v) is 14.4. The molecule has 0 radical (unpaired) electrons. The Labute approximate surface area is 143 Å². The van der Waals surface area contributed by atoms with E-state index < -0.39 is 0 Å². The molecular formula is C19H27N3O2. The summed E-state index contributed by atoms with van der Waals surface area (Å²) >= 11 is 0. The molecule has 2 atom stereocenters. The number of benzene rings is 1. The molecule has 0 aromatic heterocycles. The van der Waals surface area contributed by atoms with Gasteiger partial charge in [-0.2, -0.15) is 0 Å². The number of likely N-dealkylation sites (tertiary alicyclic amines) is 1. The van der Waals surface area contributed by atoms with E-state index >= 15 is 0 Å². The Balaban J connectivity index is 1.43. The van der Waals surface area contributed by atoms with Crippen LogP contribution in [0.1, 0.15) is 37.7 Å². The van der Waals surface area contributed by atoms with E-state index in [1.807, 2.05) is 36.1 Å². The lowest BCUT2D eigenvalue weighted by Gasteiger charge is -2.41. The third-order valence-corrected chi connectivity index (χ3v) is 5.35. The maximum atomic E-state index is 12.4. The number of anilines is 1. The molecule has 5 heteroatoms.